The molecule has 0 aliphatic carbocycles. The summed E-state index contributed by atoms with van der Waals surface area (Å²) in [5.74, 6) is -0.221. The minimum absolute atomic E-state index is 0.351. The normalized spacial score (nSPS) is 11.5. The number of nitrogens with one attached hydrogen (secondary N) is 2. The van der Waals surface area contributed by atoms with Gasteiger partial charge in [-0.3, -0.25) is 4.79 Å². The molecule has 2 aromatic carbocycles. The number of hydrogen-bond donors (Lipinski definition) is 2. The van der Waals surface area contributed by atoms with E-state index >= 15 is 0 Å². The molecule has 0 saturated carbocycles. The molecule has 1 heterocycles. The molecule has 0 radical (unpaired) electrons. The Morgan fingerprint density at radius 2 is 1.79 bits per heavy atom. The van der Waals surface area contributed by atoms with Crippen LogP contribution < -0.4 is 10.6 Å². The van der Waals surface area contributed by atoms with Crippen LogP contribution in [0.15, 0.2) is 71.3 Å². The fraction of sp³-hybridized carbons (Fsp3) is 0.182. The molecule has 0 aliphatic heterocycles. The van der Waals surface area contributed by atoms with E-state index in [0.29, 0.717) is 23.5 Å². The fourth-order valence-electron chi connectivity index (χ4n) is 2.57. The molecule has 1 aromatic heterocycles. The van der Waals surface area contributed by atoms with Crippen molar-refractivity contribution in [2.24, 2.45) is 0 Å². The molecule has 0 saturated heterocycles. The van der Waals surface area contributed by atoms with Gasteiger partial charge in [-0.2, -0.15) is 0 Å². The van der Waals surface area contributed by atoms with E-state index in [0.717, 1.165) is 11.3 Å². The lowest BCUT2D eigenvalue weighted by atomic mass is 10.1. The highest BCUT2D eigenvalue weighted by Crippen LogP contribution is 2.18. The summed E-state index contributed by atoms with van der Waals surface area (Å²) in [4.78, 5) is 24.9. The number of furan rings is 1. The minimum Gasteiger partial charge on any atom is -0.467 e. The Morgan fingerprint density at radius 3 is 2.50 bits per heavy atom. The molecule has 144 valence electrons. The fourth-order valence-corrected chi connectivity index (χ4v) is 2.57. The van der Waals surface area contributed by atoms with Crippen LogP contribution in [0.2, 0.25) is 0 Å². The van der Waals surface area contributed by atoms with Gasteiger partial charge in [0.2, 0.25) is 0 Å². The molecule has 0 bridgehead atoms. The van der Waals surface area contributed by atoms with Crippen molar-refractivity contribution in [2.75, 3.05) is 10.6 Å². The standard InChI is InChI=1S/C22H22N2O4/c1-15-9-11-17(12-10-15)24-21(25)16(2)28-22(26)19-7-3-4-8-20(19)23-14-18-6-5-13-27-18/h3-13,16,23H,14H2,1-2H3,(H,24,25)/t16-/m0/s1. The number of ether oxygens (including phenoxy) is 1. The number of carbonyl (C=O) groups is 2. The van der Waals surface area contributed by atoms with E-state index < -0.39 is 18.0 Å². The number of anilines is 2. The van der Waals surface area contributed by atoms with Crippen LogP contribution in [-0.2, 0) is 16.1 Å². The summed E-state index contributed by atoms with van der Waals surface area (Å²) in [6, 6.07) is 18.0. The van der Waals surface area contributed by atoms with Crippen molar-refractivity contribution < 1.29 is 18.7 Å². The average Bonchev–Trinajstić information content (AvgIpc) is 3.22. The highest BCUT2D eigenvalue weighted by Gasteiger charge is 2.21. The second kappa shape index (κ2) is 8.90. The second-order valence-corrected chi connectivity index (χ2v) is 6.38. The van der Waals surface area contributed by atoms with Gasteiger partial charge >= 0.3 is 5.97 Å². The Labute approximate surface area is 163 Å². The summed E-state index contributed by atoms with van der Waals surface area (Å²) >= 11 is 0. The molecular weight excluding hydrogens is 356 g/mol. The largest absolute Gasteiger partial charge is 0.467 e. The maximum absolute atomic E-state index is 12.6. The third kappa shape index (κ3) is 5.01. The predicted molar refractivity (Wildman–Crippen MR) is 107 cm³/mol. The summed E-state index contributed by atoms with van der Waals surface area (Å²) in [5.41, 5.74) is 2.70. The molecule has 0 aliphatic rings. The van der Waals surface area contributed by atoms with Crippen LogP contribution in [0.1, 0.15) is 28.6 Å². The maximum atomic E-state index is 12.6. The van der Waals surface area contributed by atoms with E-state index in [-0.39, 0.29) is 0 Å². The van der Waals surface area contributed by atoms with Gasteiger partial charge in [-0.25, -0.2) is 4.79 Å². The van der Waals surface area contributed by atoms with E-state index in [4.69, 9.17) is 9.15 Å². The zero-order valence-corrected chi connectivity index (χ0v) is 15.8. The smallest absolute Gasteiger partial charge is 0.341 e. The molecule has 0 spiro atoms. The van der Waals surface area contributed by atoms with E-state index in [2.05, 4.69) is 10.6 Å². The van der Waals surface area contributed by atoms with Crippen LogP contribution in [0, 0.1) is 6.92 Å². The zero-order valence-electron chi connectivity index (χ0n) is 15.8. The third-order valence-electron chi connectivity index (χ3n) is 4.15. The Hall–Kier alpha value is -3.54. The van der Waals surface area contributed by atoms with Crippen LogP contribution in [-0.4, -0.2) is 18.0 Å². The molecule has 1 atom stereocenters. The Kier molecular flexibility index (Phi) is 6.11. The van der Waals surface area contributed by atoms with Gasteiger partial charge in [0.05, 0.1) is 18.4 Å². The van der Waals surface area contributed by atoms with E-state index in [1.807, 2.05) is 31.2 Å². The summed E-state index contributed by atoms with van der Waals surface area (Å²) in [6.07, 6.45) is 0.651. The topological polar surface area (TPSA) is 80.6 Å². The van der Waals surface area contributed by atoms with Gasteiger partial charge in [-0.1, -0.05) is 29.8 Å². The predicted octanol–water partition coefficient (Wildman–Crippen LogP) is 4.38. The first-order valence-electron chi connectivity index (χ1n) is 8.97. The summed E-state index contributed by atoms with van der Waals surface area (Å²) in [5, 5.41) is 5.89. The minimum atomic E-state index is -0.938. The SMILES string of the molecule is Cc1ccc(NC(=O)[C@H](C)OC(=O)c2ccccc2NCc2ccco2)cc1. The van der Waals surface area contributed by atoms with Crippen LogP contribution in [0.3, 0.4) is 0 Å². The summed E-state index contributed by atoms with van der Waals surface area (Å²) < 4.78 is 10.6. The van der Waals surface area contributed by atoms with Gasteiger partial charge < -0.3 is 19.8 Å². The second-order valence-electron chi connectivity index (χ2n) is 6.38. The molecule has 0 unspecified atom stereocenters. The first-order chi connectivity index (χ1) is 13.5. The highest BCUT2D eigenvalue weighted by molar-refractivity contribution is 5.99. The Morgan fingerprint density at radius 1 is 1.04 bits per heavy atom. The van der Waals surface area contributed by atoms with Gasteiger partial charge in [0.25, 0.3) is 5.91 Å². The van der Waals surface area contributed by atoms with Gasteiger partial charge in [0.15, 0.2) is 6.10 Å². The van der Waals surface area contributed by atoms with Crippen molar-refractivity contribution in [1.82, 2.24) is 0 Å². The molecule has 3 rings (SSSR count). The maximum Gasteiger partial charge on any atom is 0.341 e. The number of para-hydroxylation sites is 1. The Bertz CT molecular complexity index is 933. The van der Waals surface area contributed by atoms with Crippen molar-refractivity contribution in [2.45, 2.75) is 26.5 Å². The lowest BCUT2D eigenvalue weighted by Gasteiger charge is -2.15. The molecule has 1 amide bonds. The molecule has 2 N–H and O–H groups in total. The average molecular weight is 378 g/mol. The van der Waals surface area contributed by atoms with Gasteiger partial charge in [-0.05, 0) is 50.2 Å². The number of benzene rings is 2. The van der Waals surface area contributed by atoms with Crippen molar-refractivity contribution >= 4 is 23.3 Å². The highest BCUT2D eigenvalue weighted by atomic mass is 16.5. The number of hydrogen-bond acceptors (Lipinski definition) is 5. The number of amides is 1. The Balaban J connectivity index is 1.61. The quantitative estimate of drug-likeness (QED) is 0.596. The number of carbonyl (C=O) groups excluding carboxylic acids is 2. The summed E-state index contributed by atoms with van der Waals surface area (Å²) in [7, 11) is 0. The van der Waals surface area contributed by atoms with E-state index in [9.17, 15) is 9.59 Å². The number of aryl methyl sites for hydroxylation is 1. The van der Waals surface area contributed by atoms with Gasteiger partial charge in [0.1, 0.15) is 5.76 Å². The number of rotatable bonds is 7. The monoisotopic (exact) mass is 378 g/mol. The lowest BCUT2D eigenvalue weighted by molar-refractivity contribution is -0.123. The van der Waals surface area contributed by atoms with E-state index in [1.165, 1.54) is 0 Å². The van der Waals surface area contributed by atoms with Crippen LogP contribution in [0.5, 0.6) is 0 Å². The molecule has 28 heavy (non-hydrogen) atoms. The molecular formula is C22H22N2O4. The van der Waals surface area contributed by atoms with Crippen molar-refractivity contribution in [3.05, 3.63) is 83.8 Å². The van der Waals surface area contributed by atoms with Crippen molar-refractivity contribution in [3.63, 3.8) is 0 Å². The summed E-state index contributed by atoms with van der Waals surface area (Å²) in [6.45, 7) is 3.94. The first-order valence-corrected chi connectivity index (χ1v) is 8.97. The molecule has 0 fully saturated rings. The number of esters is 1. The first kappa shape index (κ1) is 19.2. The van der Waals surface area contributed by atoms with E-state index in [1.54, 1.807) is 49.6 Å². The molecule has 6 heteroatoms. The van der Waals surface area contributed by atoms with Crippen LogP contribution in [0.4, 0.5) is 11.4 Å². The van der Waals surface area contributed by atoms with Gasteiger partial charge in [0, 0.05) is 11.4 Å². The van der Waals surface area contributed by atoms with Gasteiger partial charge in [-0.15, -0.1) is 0 Å². The van der Waals surface area contributed by atoms with Crippen molar-refractivity contribution in [3.8, 4) is 0 Å². The van der Waals surface area contributed by atoms with Crippen LogP contribution in [0.25, 0.3) is 0 Å². The zero-order chi connectivity index (χ0) is 19.9. The molecule has 3 aromatic rings. The van der Waals surface area contributed by atoms with Crippen LogP contribution >= 0.6 is 0 Å². The lowest BCUT2D eigenvalue weighted by Crippen LogP contribution is -2.30. The third-order valence-corrected chi connectivity index (χ3v) is 4.15. The molecule has 6 nitrogen and oxygen atoms in total. The van der Waals surface area contributed by atoms with Crippen molar-refractivity contribution in [1.29, 1.82) is 0 Å².